The Balaban J connectivity index is 1.36. The Hall–Kier alpha value is -2.41. The number of aromatic nitrogens is 1. The molecule has 2 saturated heterocycles. The number of ether oxygens (including phenoxy) is 2. The van der Waals surface area contributed by atoms with Gasteiger partial charge < -0.3 is 9.47 Å². The van der Waals surface area contributed by atoms with Crippen LogP contribution >= 0.6 is 11.3 Å². The maximum Gasteiger partial charge on any atom is 0.260 e. The molecule has 3 aromatic rings. The summed E-state index contributed by atoms with van der Waals surface area (Å²) in [5.74, 6) is -0.188. The van der Waals surface area contributed by atoms with Crippen molar-refractivity contribution in [1.82, 2.24) is 14.2 Å². The fraction of sp³-hybridized carbons (Fsp3) is 0.517. The lowest BCUT2D eigenvalue weighted by Crippen LogP contribution is -2.39. The number of carbonyl (C=O) groups is 1. The van der Waals surface area contributed by atoms with Crippen LogP contribution < -0.4 is 4.90 Å². The van der Waals surface area contributed by atoms with E-state index in [0.717, 1.165) is 73.5 Å². The van der Waals surface area contributed by atoms with Crippen molar-refractivity contribution < 1.29 is 22.7 Å². The molecule has 40 heavy (non-hydrogen) atoms. The molecule has 0 saturated carbocycles. The van der Waals surface area contributed by atoms with Gasteiger partial charge in [0, 0.05) is 51.9 Å². The van der Waals surface area contributed by atoms with E-state index in [1.165, 1.54) is 27.8 Å². The maximum absolute atomic E-state index is 13.9. The van der Waals surface area contributed by atoms with Gasteiger partial charge in [-0.2, -0.15) is 4.31 Å². The highest BCUT2D eigenvalue weighted by Gasteiger charge is 2.27. The zero-order valence-electron chi connectivity index (χ0n) is 23.5. The molecule has 1 atom stereocenters. The number of morpholine rings is 1. The van der Waals surface area contributed by atoms with Crippen molar-refractivity contribution in [3.05, 3.63) is 53.1 Å². The number of benzene rings is 2. The Morgan fingerprint density at radius 2 is 1.85 bits per heavy atom. The Kier molecular flexibility index (Phi) is 9.18. The van der Waals surface area contributed by atoms with Gasteiger partial charge >= 0.3 is 0 Å². The van der Waals surface area contributed by atoms with Crippen LogP contribution in [0.25, 0.3) is 10.2 Å². The molecule has 0 N–H and O–H groups in total. The fourth-order valence-corrected chi connectivity index (χ4v) is 7.42. The quantitative estimate of drug-likeness (QED) is 0.354. The van der Waals surface area contributed by atoms with E-state index in [1.54, 1.807) is 24.1 Å². The van der Waals surface area contributed by atoms with E-state index >= 15 is 0 Å². The number of anilines is 1. The van der Waals surface area contributed by atoms with Crippen LogP contribution in [0, 0.1) is 13.8 Å². The highest BCUT2D eigenvalue weighted by atomic mass is 32.2. The fourth-order valence-electron chi connectivity index (χ4n) is 5.17. The van der Waals surface area contributed by atoms with Crippen molar-refractivity contribution in [1.29, 1.82) is 0 Å². The normalized spacial score (nSPS) is 18.6. The molecule has 0 spiro atoms. The molecular weight excluding hydrogens is 548 g/mol. The molecule has 0 aliphatic carbocycles. The van der Waals surface area contributed by atoms with E-state index in [-0.39, 0.29) is 16.9 Å². The third kappa shape index (κ3) is 6.40. The van der Waals surface area contributed by atoms with E-state index in [0.29, 0.717) is 30.4 Å². The first-order chi connectivity index (χ1) is 19.2. The van der Waals surface area contributed by atoms with Crippen molar-refractivity contribution in [2.45, 2.75) is 44.1 Å². The van der Waals surface area contributed by atoms with Crippen molar-refractivity contribution in [2.75, 3.05) is 64.5 Å². The number of aryl methyl sites for hydroxylation is 2. The van der Waals surface area contributed by atoms with Crippen LogP contribution in [0.15, 0.2) is 41.3 Å². The topological polar surface area (TPSA) is 92.3 Å². The molecule has 11 heteroatoms. The lowest BCUT2D eigenvalue weighted by Gasteiger charge is -2.27. The average Bonchev–Trinajstić information content (AvgIpc) is 3.64. The van der Waals surface area contributed by atoms with Crippen LogP contribution in [0.1, 0.15) is 40.7 Å². The van der Waals surface area contributed by atoms with Gasteiger partial charge in [0.25, 0.3) is 5.91 Å². The highest BCUT2D eigenvalue weighted by molar-refractivity contribution is 7.89. The molecule has 9 nitrogen and oxygen atoms in total. The van der Waals surface area contributed by atoms with Gasteiger partial charge in [-0.25, -0.2) is 13.4 Å². The van der Waals surface area contributed by atoms with Crippen LogP contribution in [-0.2, 0) is 19.5 Å². The standard InChI is InChI=1S/C29H38N4O5S2/c1-21-7-12-26-27(22(21)2)30-29(39-26)33(14-5-13-32-15-18-37-19-16-32)28(34)23-8-10-25(11-9-23)40(35,36)31(3)20-24-6-4-17-38-24/h7-12,24H,4-6,13-20H2,1-3H3. The largest absolute Gasteiger partial charge is 0.379 e. The van der Waals surface area contributed by atoms with E-state index in [4.69, 9.17) is 14.5 Å². The number of amides is 1. The van der Waals surface area contributed by atoms with Crippen LogP contribution in [0.3, 0.4) is 0 Å². The Labute approximate surface area is 240 Å². The van der Waals surface area contributed by atoms with Gasteiger partial charge in [0.2, 0.25) is 10.0 Å². The minimum absolute atomic E-state index is 0.0760. The molecule has 1 unspecified atom stereocenters. The number of hydrogen-bond acceptors (Lipinski definition) is 8. The Morgan fingerprint density at radius 1 is 1.10 bits per heavy atom. The molecule has 2 aromatic carbocycles. The number of hydrogen-bond donors (Lipinski definition) is 0. The molecule has 2 aliphatic rings. The van der Waals surface area contributed by atoms with Gasteiger partial charge in [-0.05, 0) is 74.6 Å². The molecule has 0 bridgehead atoms. The van der Waals surface area contributed by atoms with Gasteiger partial charge in [0.05, 0.1) is 34.4 Å². The third-order valence-electron chi connectivity index (χ3n) is 7.80. The van der Waals surface area contributed by atoms with Gasteiger partial charge in [-0.1, -0.05) is 17.4 Å². The van der Waals surface area contributed by atoms with Gasteiger partial charge in [0.15, 0.2) is 5.13 Å². The Bertz CT molecular complexity index is 1430. The minimum Gasteiger partial charge on any atom is -0.379 e. The molecule has 216 valence electrons. The smallest absolute Gasteiger partial charge is 0.260 e. The zero-order chi connectivity index (χ0) is 28.3. The summed E-state index contributed by atoms with van der Waals surface area (Å²) in [4.78, 5) is 23.0. The summed E-state index contributed by atoms with van der Waals surface area (Å²) in [6, 6.07) is 10.4. The van der Waals surface area contributed by atoms with Gasteiger partial charge in [-0.3, -0.25) is 14.6 Å². The van der Waals surface area contributed by atoms with Gasteiger partial charge in [-0.15, -0.1) is 0 Å². The second-order valence-corrected chi connectivity index (χ2v) is 13.6. The van der Waals surface area contributed by atoms with E-state index < -0.39 is 10.0 Å². The number of fused-ring (bicyclic) bond motifs is 1. The number of sulfonamides is 1. The maximum atomic E-state index is 13.9. The summed E-state index contributed by atoms with van der Waals surface area (Å²) in [5.41, 5.74) is 3.62. The second kappa shape index (κ2) is 12.6. The Morgan fingerprint density at radius 3 is 2.55 bits per heavy atom. The number of likely N-dealkylation sites (N-methyl/N-ethyl adjacent to an activating group) is 1. The molecule has 1 amide bonds. The first-order valence-electron chi connectivity index (χ1n) is 13.9. The second-order valence-electron chi connectivity index (χ2n) is 10.6. The zero-order valence-corrected chi connectivity index (χ0v) is 25.1. The number of carbonyl (C=O) groups excluding carboxylic acids is 1. The molecule has 5 rings (SSSR count). The first kappa shape index (κ1) is 29.1. The molecule has 1 aromatic heterocycles. The lowest BCUT2D eigenvalue weighted by atomic mass is 10.1. The highest BCUT2D eigenvalue weighted by Crippen LogP contribution is 2.33. The molecule has 0 radical (unpaired) electrons. The van der Waals surface area contributed by atoms with Crippen molar-refractivity contribution in [3.63, 3.8) is 0 Å². The molecule has 2 fully saturated rings. The number of thiazole rings is 1. The lowest BCUT2D eigenvalue weighted by molar-refractivity contribution is 0.0376. The SMILES string of the molecule is Cc1ccc2sc(N(CCCN3CCOCC3)C(=O)c3ccc(S(=O)(=O)N(C)CC4CCCO4)cc3)nc2c1C. The molecule has 2 aliphatic heterocycles. The van der Waals surface area contributed by atoms with Crippen molar-refractivity contribution in [2.24, 2.45) is 0 Å². The monoisotopic (exact) mass is 586 g/mol. The van der Waals surface area contributed by atoms with E-state index in [2.05, 4.69) is 30.9 Å². The predicted molar refractivity (Wildman–Crippen MR) is 158 cm³/mol. The molecule has 3 heterocycles. The number of nitrogens with zero attached hydrogens (tertiary/aromatic N) is 4. The van der Waals surface area contributed by atoms with Crippen molar-refractivity contribution in [3.8, 4) is 0 Å². The third-order valence-corrected chi connectivity index (χ3v) is 10.7. The summed E-state index contributed by atoms with van der Waals surface area (Å²) in [5, 5.41) is 0.656. The van der Waals surface area contributed by atoms with E-state index in [9.17, 15) is 13.2 Å². The molecular formula is C29H38N4O5S2. The summed E-state index contributed by atoms with van der Waals surface area (Å²) < 4.78 is 39.8. The van der Waals surface area contributed by atoms with Gasteiger partial charge in [0.1, 0.15) is 0 Å². The van der Waals surface area contributed by atoms with Crippen LogP contribution in [0.5, 0.6) is 0 Å². The number of rotatable bonds is 10. The van der Waals surface area contributed by atoms with Crippen molar-refractivity contribution >= 4 is 42.6 Å². The minimum atomic E-state index is -3.69. The summed E-state index contributed by atoms with van der Waals surface area (Å²) in [6.07, 6.45) is 2.53. The average molecular weight is 587 g/mol. The summed E-state index contributed by atoms with van der Waals surface area (Å²) in [7, 11) is -2.12. The van der Waals surface area contributed by atoms with Crippen LogP contribution in [0.2, 0.25) is 0 Å². The predicted octanol–water partition coefficient (Wildman–Crippen LogP) is 4.08. The van der Waals surface area contributed by atoms with E-state index in [1.807, 2.05) is 0 Å². The first-order valence-corrected chi connectivity index (χ1v) is 16.2. The summed E-state index contributed by atoms with van der Waals surface area (Å²) in [6.45, 7) is 9.74. The van der Waals surface area contributed by atoms with Crippen LogP contribution in [-0.4, -0.2) is 94.2 Å². The van der Waals surface area contributed by atoms with Crippen LogP contribution in [0.4, 0.5) is 5.13 Å². The summed E-state index contributed by atoms with van der Waals surface area (Å²) >= 11 is 1.51.